The second-order valence-electron chi connectivity index (χ2n) is 5.96. The van der Waals surface area contributed by atoms with Crippen molar-refractivity contribution >= 4 is 24.0 Å². The van der Waals surface area contributed by atoms with Gasteiger partial charge in [0.15, 0.2) is 0 Å². The summed E-state index contributed by atoms with van der Waals surface area (Å²) in [6.45, 7) is 5.78. The minimum atomic E-state index is -0.341. The molecule has 0 aliphatic carbocycles. The van der Waals surface area contributed by atoms with Gasteiger partial charge in [-0.05, 0) is 50.0 Å². The number of amides is 1. The molecule has 0 spiro atoms. The number of fused-ring (bicyclic) bond motifs is 1. The van der Waals surface area contributed by atoms with E-state index in [2.05, 4.69) is 22.5 Å². The number of hydrogen-bond donors (Lipinski definition) is 2. The molecule has 7 heteroatoms. The Kier molecular flexibility index (Phi) is 5.38. The first-order valence-electron chi connectivity index (χ1n) is 7.56. The van der Waals surface area contributed by atoms with E-state index in [1.807, 2.05) is 19.1 Å². The fraction of sp³-hybridized carbons (Fsp3) is 0.438. The van der Waals surface area contributed by atoms with Gasteiger partial charge in [-0.3, -0.25) is 14.0 Å². The smallest absolute Gasteiger partial charge is 0.270 e. The second kappa shape index (κ2) is 7.10. The summed E-state index contributed by atoms with van der Waals surface area (Å²) in [5.41, 5.74) is 1.33. The Balaban J connectivity index is 0.00000192. The van der Waals surface area contributed by atoms with Crippen molar-refractivity contribution in [1.82, 2.24) is 20.0 Å². The van der Waals surface area contributed by atoms with Gasteiger partial charge >= 0.3 is 0 Å². The van der Waals surface area contributed by atoms with E-state index in [1.165, 1.54) is 10.6 Å². The highest BCUT2D eigenvalue weighted by molar-refractivity contribution is 5.94. The van der Waals surface area contributed by atoms with Crippen LogP contribution in [0.3, 0.4) is 0 Å². The predicted octanol–water partition coefficient (Wildman–Crippen LogP) is 1.15. The first-order valence-corrected chi connectivity index (χ1v) is 7.56. The van der Waals surface area contributed by atoms with Gasteiger partial charge in [0, 0.05) is 18.4 Å². The maximum atomic E-state index is 12.5. The average Bonchev–Trinajstić information content (AvgIpc) is 2.49. The van der Waals surface area contributed by atoms with Crippen molar-refractivity contribution in [3.8, 4) is 0 Å². The molecule has 0 saturated carbocycles. The molecule has 1 fully saturated rings. The van der Waals surface area contributed by atoms with Gasteiger partial charge in [0.2, 0.25) is 0 Å². The third kappa shape index (κ3) is 3.54. The molecule has 6 nitrogen and oxygen atoms in total. The fourth-order valence-electron chi connectivity index (χ4n) is 2.81. The second-order valence-corrected chi connectivity index (χ2v) is 5.96. The van der Waals surface area contributed by atoms with E-state index >= 15 is 0 Å². The number of pyridine rings is 1. The number of nitrogens with zero attached hydrogens (tertiary/aromatic N) is 2. The summed E-state index contributed by atoms with van der Waals surface area (Å²) in [5, 5.41) is 6.26. The SMILES string of the molecule is Cc1ccn2c(=O)c(C(=O)NC3CCNCC3C)cnc2c1.Cl. The quantitative estimate of drug-likeness (QED) is 0.862. The summed E-state index contributed by atoms with van der Waals surface area (Å²) in [5.74, 6) is 0.00254. The maximum Gasteiger partial charge on any atom is 0.270 e. The van der Waals surface area contributed by atoms with Crippen LogP contribution in [0.5, 0.6) is 0 Å². The standard InChI is InChI=1S/C16H20N4O2.ClH/c1-10-4-6-20-14(7-10)18-9-12(16(20)22)15(21)19-13-3-5-17-8-11(13)2;/h4,6-7,9,11,13,17H,3,5,8H2,1-2H3,(H,19,21);1H. The largest absolute Gasteiger partial charge is 0.349 e. The van der Waals surface area contributed by atoms with Crippen molar-refractivity contribution in [3.05, 3.63) is 46.0 Å². The highest BCUT2D eigenvalue weighted by Gasteiger charge is 2.24. The number of nitrogens with one attached hydrogen (secondary N) is 2. The van der Waals surface area contributed by atoms with Gasteiger partial charge in [0.25, 0.3) is 11.5 Å². The van der Waals surface area contributed by atoms with Crippen molar-refractivity contribution in [2.24, 2.45) is 5.92 Å². The zero-order valence-corrected chi connectivity index (χ0v) is 14.0. The fourth-order valence-corrected chi connectivity index (χ4v) is 2.81. The van der Waals surface area contributed by atoms with Gasteiger partial charge in [-0.2, -0.15) is 0 Å². The average molecular weight is 337 g/mol. The van der Waals surface area contributed by atoms with Crippen molar-refractivity contribution in [2.75, 3.05) is 13.1 Å². The van der Waals surface area contributed by atoms with E-state index in [-0.39, 0.29) is 35.5 Å². The molecule has 1 aliphatic rings. The molecule has 124 valence electrons. The highest BCUT2D eigenvalue weighted by atomic mass is 35.5. The van der Waals surface area contributed by atoms with Crippen LogP contribution in [0.25, 0.3) is 5.65 Å². The minimum Gasteiger partial charge on any atom is -0.349 e. The lowest BCUT2D eigenvalue weighted by atomic mass is 9.95. The minimum absolute atomic E-state index is 0. The van der Waals surface area contributed by atoms with Crippen molar-refractivity contribution in [3.63, 3.8) is 0 Å². The van der Waals surface area contributed by atoms with E-state index < -0.39 is 0 Å². The molecule has 0 bridgehead atoms. The maximum absolute atomic E-state index is 12.5. The van der Waals surface area contributed by atoms with Gasteiger partial charge < -0.3 is 10.6 Å². The summed E-state index contributed by atoms with van der Waals surface area (Å²) < 4.78 is 1.41. The molecule has 2 aromatic rings. The molecule has 0 aromatic carbocycles. The van der Waals surface area contributed by atoms with Gasteiger partial charge in [-0.1, -0.05) is 6.92 Å². The lowest BCUT2D eigenvalue weighted by Crippen LogP contribution is -2.49. The Bertz CT molecular complexity index is 774. The number of carbonyl (C=O) groups excluding carboxylic acids is 1. The summed E-state index contributed by atoms with van der Waals surface area (Å²) in [6, 6.07) is 3.73. The van der Waals surface area contributed by atoms with Crippen LogP contribution in [0, 0.1) is 12.8 Å². The summed E-state index contributed by atoms with van der Waals surface area (Å²) in [4.78, 5) is 29.1. The summed E-state index contributed by atoms with van der Waals surface area (Å²) in [6.07, 6.45) is 3.90. The van der Waals surface area contributed by atoms with Gasteiger partial charge in [0.1, 0.15) is 11.2 Å². The molecular formula is C16H21ClN4O2. The van der Waals surface area contributed by atoms with Crippen LogP contribution in [-0.2, 0) is 0 Å². The predicted molar refractivity (Wildman–Crippen MR) is 91.4 cm³/mol. The van der Waals surface area contributed by atoms with Crippen LogP contribution in [0.1, 0.15) is 29.3 Å². The van der Waals surface area contributed by atoms with Crippen LogP contribution in [0.4, 0.5) is 0 Å². The Morgan fingerprint density at radius 3 is 3.00 bits per heavy atom. The topological polar surface area (TPSA) is 75.5 Å². The van der Waals surface area contributed by atoms with Crippen LogP contribution in [0.15, 0.2) is 29.3 Å². The number of carbonyl (C=O) groups is 1. The molecule has 2 atom stereocenters. The van der Waals surface area contributed by atoms with Crippen LogP contribution in [-0.4, -0.2) is 34.4 Å². The lowest BCUT2D eigenvalue weighted by molar-refractivity contribution is 0.0912. The molecule has 2 N–H and O–H groups in total. The number of aryl methyl sites for hydroxylation is 1. The molecule has 2 unspecified atom stereocenters. The molecule has 2 aromatic heterocycles. The number of piperidine rings is 1. The van der Waals surface area contributed by atoms with E-state index in [9.17, 15) is 9.59 Å². The van der Waals surface area contributed by atoms with E-state index in [1.54, 1.807) is 6.20 Å². The molecule has 0 radical (unpaired) electrons. The first kappa shape index (κ1) is 17.4. The normalized spacial score (nSPS) is 20.8. The Morgan fingerprint density at radius 2 is 2.26 bits per heavy atom. The van der Waals surface area contributed by atoms with Crippen molar-refractivity contribution in [1.29, 1.82) is 0 Å². The number of aromatic nitrogens is 2. The molecule has 1 amide bonds. The molecule has 1 aliphatic heterocycles. The van der Waals surface area contributed by atoms with E-state index in [0.29, 0.717) is 11.6 Å². The third-order valence-electron chi connectivity index (χ3n) is 4.21. The number of rotatable bonds is 2. The molecule has 3 heterocycles. The van der Waals surface area contributed by atoms with Crippen molar-refractivity contribution < 1.29 is 4.79 Å². The van der Waals surface area contributed by atoms with Crippen LogP contribution < -0.4 is 16.2 Å². The van der Waals surface area contributed by atoms with Gasteiger partial charge in [0.05, 0.1) is 0 Å². The number of halogens is 1. The van der Waals surface area contributed by atoms with Gasteiger partial charge in [-0.15, -0.1) is 12.4 Å². The molecule has 3 rings (SSSR count). The Morgan fingerprint density at radius 1 is 1.48 bits per heavy atom. The molecule has 1 saturated heterocycles. The number of hydrogen-bond acceptors (Lipinski definition) is 4. The summed E-state index contributed by atoms with van der Waals surface area (Å²) in [7, 11) is 0. The van der Waals surface area contributed by atoms with E-state index in [0.717, 1.165) is 25.1 Å². The van der Waals surface area contributed by atoms with Crippen molar-refractivity contribution in [2.45, 2.75) is 26.3 Å². The van der Waals surface area contributed by atoms with Crippen LogP contribution >= 0.6 is 12.4 Å². The van der Waals surface area contributed by atoms with E-state index in [4.69, 9.17) is 0 Å². The zero-order chi connectivity index (χ0) is 15.7. The summed E-state index contributed by atoms with van der Waals surface area (Å²) >= 11 is 0. The monoisotopic (exact) mass is 336 g/mol. The Hall–Kier alpha value is -1.92. The molecular weight excluding hydrogens is 316 g/mol. The highest BCUT2D eigenvalue weighted by Crippen LogP contribution is 2.11. The third-order valence-corrected chi connectivity index (χ3v) is 4.21. The van der Waals surface area contributed by atoms with Gasteiger partial charge in [-0.25, -0.2) is 4.98 Å². The van der Waals surface area contributed by atoms with Crippen LogP contribution in [0.2, 0.25) is 0 Å². The first-order chi connectivity index (χ1) is 10.6. The Labute approximate surface area is 140 Å². The lowest BCUT2D eigenvalue weighted by Gasteiger charge is -2.30. The molecule has 23 heavy (non-hydrogen) atoms. The zero-order valence-electron chi connectivity index (χ0n) is 13.2.